The second kappa shape index (κ2) is 20.6. The average molecular weight is 773 g/mol. The summed E-state index contributed by atoms with van der Waals surface area (Å²) < 4.78 is 12.8. The van der Waals surface area contributed by atoms with Crippen LogP contribution in [-0.4, -0.2) is 104 Å². The molecule has 0 aromatic heterocycles. The molecule has 312 valence electrons. The Morgan fingerprint density at radius 2 is 1.40 bits per heavy atom. The Morgan fingerprint density at radius 3 is 2.02 bits per heavy atom. The highest BCUT2D eigenvalue weighted by atomic mass is 16.5. The summed E-state index contributed by atoms with van der Waals surface area (Å²) >= 11 is 0. The number of amides is 5. The van der Waals surface area contributed by atoms with E-state index in [-0.39, 0.29) is 43.6 Å². The molecule has 0 unspecified atom stereocenters. The largest absolute Gasteiger partial charge is 0.376 e. The zero-order chi connectivity index (χ0) is 39.5. The SMILES string of the molecule is CCC[C@H]1C(=O)N[C@@H](C2CCCCCC2)C(=O)N[C@@H](CN)C(=O)N[C@@H](COC2CCCCC2)C(=O)N[C@H](C)CO[C@H](CC2CC3(CCC3)C2)[C@@H](C)C(=O)N1C. The first-order chi connectivity index (χ1) is 26.4. The number of rotatable bonds is 9. The van der Waals surface area contributed by atoms with E-state index < -0.39 is 60.0 Å². The van der Waals surface area contributed by atoms with E-state index in [9.17, 15) is 24.0 Å². The van der Waals surface area contributed by atoms with E-state index in [1.165, 1.54) is 19.3 Å². The van der Waals surface area contributed by atoms with Gasteiger partial charge < -0.3 is 41.4 Å². The molecule has 5 rings (SSSR count). The predicted molar refractivity (Wildman–Crippen MR) is 210 cm³/mol. The maximum absolute atomic E-state index is 14.3. The molecule has 7 atom stereocenters. The Kier molecular flexibility index (Phi) is 16.2. The Bertz CT molecular complexity index is 1290. The lowest BCUT2D eigenvalue weighted by molar-refractivity contribution is -0.148. The Balaban J connectivity index is 1.42. The molecule has 13 nitrogen and oxygen atoms in total. The van der Waals surface area contributed by atoms with Crippen molar-refractivity contribution in [3.05, 3.63) is 0 Å². The van der Waals surface area contributed by atoms with Crippen LogP contribution in [0.15, 0.2) is 0 Å². The van der Waals surface area contributed by atoms with Crippen LogP contribution >= 0.6 is 0 Å². The minimum Gasteiger partial charge on any atom is -0.376 e. The Hall–Kier alpha value is -2.77. The van der Waals surface area contributed by atoms with E-state index in [0.717, 1.165) is 89.9 Å². The van der Waals surface area contributed by atoms with Crippen LogP contribution in [0.25, 0.3) is 0 Å². The van der Waals surface area contributed by atoms with Crippen LogP contribution in [0.2, 0.25) is 0 Å². The van der Waals surface area contributed by atoms with E-state index in [1.54, 1.807) is 11.9 Å². The maximum atomic E-state index is 14.3. The maximum Gasteiger partial charge on any atom is 0.245 e. The first kappa shape index (κ1) is 43.4. The molecule has 55 heavy (non-hydrogen) atoms. The third-order valence-electron chi connectivity index (χ3n) is 13.5. The van der Waals surface area contributed by atoms with Gasteiger partial charge in [-0.25, -0.2) is 0 Å². The fourth-order valence-electron chi connectivity index (χ4n) is 9.93. The van der Waals surface area contributed by atoms with Crippen molar-refractivity contribution in [1.82, 2.24) is 26.2 Å². The molecular weight excluding hydrogens is 700 g/mol. The monoisotopic (exact) mass is 773 g/mol. The predicted octanol–water partition coefficient (Wildman–Crippen LogP) is 3.86. The highest BCUT2D eigenvalue weighted by Gasteiger charge is 2.49. The molecule has 5 fully saturated rings. The number of nitrogens with one attached hydrogen (secondary N) is 4. The number of nitrogens with two attached hydrogens (primary N) is 1. The fourth-order valence-corrected chi connectivity index (χ4v) is 9.93. The molecule has 1 saturated heterocycles. The second-order valence-electron chi connectivity index (χ2n) is 17.9. The molecule has 0 radical (unpaired) electrons. The first-order valence-electron chi connectivity index (χ1n) is 21.8. The average Bonchev–Trinajstić information content (AvgIpc) is 3.43. The summed E-state index contributed by atoms with van der Waals surface area (Å²) in [6.45, 7) is 5.65. The van der Waals surface area contributed by atoms with E-state index >= 15 is 0 Å². The molecule has 5 aliphatic rings. The van der Waals surface area contributed by atoms with Crippen molar-refractivity contribution in [3.63, 3.8) is 0 Å². The second-order valence-corrected chi connectivity index (χ2v) is 17.9. The van der Waals surface area contributed by atoms with Gasteiger partial charge in [0.2, 0.25) is 29.5 Å². The van der Waals surface area contributed by atoms with Crippen molar-refractivity contribution in [2.45, 2.75) is 185 Å². The van der Waals surface area contributed by atoms with Crippen LogP contribution in [0.1, 0.15) is 143 Å². The number of hydrogen-bond donors (Lipinski definition) is 5. The normalized spacial score (nSPS) is 33.1. The molecule has 1 spiro atoms. The van der Waals surface area contributed by atoms with E-state index in [4.69, 9.17) is 15.2 Å². The number of nitrogens with zero attached hydrogens (tertiary/aromatic N) is 1. The molecule has 4 aliphatic carbocycles. The lowest BCUT2D eigenvalue weighted by Crippen LogP contribution is -2.62. The third-order valence-corrected chi connectivity index (χ3v) is 13.5. The number of hydrogen-bond acceptors (Lipinski definition) is 8. The molecule has 4 saturated carbocycles. The summed E-state index contributed by atoms with van der Waals surface area (Å²) in [6, 6.07) is -4.32. The summed E-state index contributed by atoms with van der Waals surface area (Å²) in [7, 11) is 1.68. The van der Waals surface area contributed by atoms with Gasteiger partial charge in [0.25, 0.3) is 0 Å². The zero-order valence-corrected chi connectivity index (χ0v) is 34.2. The van der Waals surface area contributed by atoms with Gasteiger partial charge in [-0.2, -0.15) is 0 Å². The van der Waals surface area contributed by atoms with Crippen molar-refractivity contribution in [2.75, 3.05) is 26.8 Å². The van der Waals surface area contributed by atoms with Crippen molar-refractivity contribution >= 4 is 29.5 Å². The summed E-state index contributed by atoms with van der Waals surface area (Å²) in [5.41, 5.74) is 6.57. The molecule has 6 N–H and O–H groups in total. The smallest absolute Gasteiger partial charge is 0.245 e. The van der Waals surface area contributed by atoms with Gasteiger partial charge in [0.15, 0.2) is 0 Å². The van der Waals surface area contributed by atoms with Gasteiger partial charge in [-0.1, -0.05) is 71.6 Å². The van der Waals surface area contributed by atoms with Crippen LogP contribution in [-0.2, 0) is 33.4 Å². The van der Waals surface area contributed by atoms with E-state index in [0.29, 0.717) is 24.2 Å². The summed E-state index contributed by atoms with van der Waals surface area (Å²) in [5, 5.41) is 11.8. The Labute approximate surface area is 329 Å². The number of likely N-dealkylation sites (N-methyl/N-ethyl adjacent to an activating group) is 1. The lowest BCUT2D eigenvalue weighted by Gasteiger charge is -2.55. The lowest BCUT2D eigenvalue weighted by atomic mass is 9.51. The highest BCUT2D eigenvalue weighted by Crippen LogP contribution is 2.60. The molecule has 5 amide bonds. The van der Waals surface area contributed by atoms with Crippen molar-refractivity contribution in [3.8, 4) is 0 Å². The zero-order valence-electron chi connectivity index (χ0n) is 34.2. The van der Waals surface area contributed by atoms with Gasteiger partial charge >= 0.3 is 0 Å². The Morgan fingerprint density at radius 1 is 0.782 bits per heavy atom. The minimum atomic E-state index is -1.15. The fraction of sp³-hybridized carbons (Fsp3) is 0.881. The summed E-state index contributed by atoms with van der Waals surface area (Å²) in [5.74, 6) is -2.30. The molecule has 1 heterocycles. The van der Waals surface area contributed by atoms with Crippen LogP contribution < -0.4 is 27.0 Å². The first-order valence-corrected chi connectivity index (χ1v) is 21.8. The van der Waals surface area contributed by atoms with Crippen molar-refractivity contribution < 1.29 is 33.4 Å². The quantitative estimate of drug-likeness (QED) is 0.219. The third kappa shape index (κ3) is 11.7. The van der Waals surface area contributed by atoms with Crippen molar-refractivity contribution in [1.29, 1.82) is 0 Å². The molecule has 0 aromatic rings. The van der Waals surface area contributed by atoms with Gasteiger partial charge in [-0.15, -0.1) is 0 Å². The summed E-state index contributed by atoms with van der Waals surface area (Å²) in [6.07, 6.45) is 18.1. The van der Waals surface area contributed by atoms with Gasteiger partial charge in [0.05, 0.1) is 31.3 Å². The molecule has 1 aliphatic heterocycles. The molecule has 0 aromatic carbocycles. The molecule has 0 bridgehead atoms. The van der Waals surface area contributed by atoms with Gasteiger partial charge in [0, 0.05) is 19.6 Å². The number of carbonyl (C=O) groups is 5. The summed E-state index contributed by atoms with van der Waals surface area (Å²) in [4.78, 5) is 72.0. The van der Waals surface area contributed by atoms with Gasteiger partial charge in [-0.05, 0) is 88.4 Å². The molecule has 13 heteroatoms. The van der Waals surface area contributed by atoms with Crippen LogP contribution in [0.5, 0.6) is 0 Å². The van der Waals surface area contributed by atoms with E-state index in [2.05, 4.69) is 21.3 Å². The standard InChI is InChI=1S/C42H72N6O7/c1-5-14-34-39(51)47-36(30-15-9-6-7-10-16-30)40(52)45-32(24-43)37(49)46-33(26-54-31-17-11-8-12-18-31)38(50)44-27(2)25-55-35(28(3)41(53)48(34)4)21-29-22-42(23-29)19-13-20-42/h27-36H,5-26,43H2,1-4H3,(H,44,50)(H,45,52)(H,46,49)(H,47,51)/t27-,28-,32+,33+,34+,35-,36+/m1/s1. The van der Waals surface area contributed by atoms with Crippen LogP contribution in [0.4, 0.5) is 0 Å². The van der Waals surface area contributed by atoms with Crippen LogP contribution in [0, 0.1) is 23.2 Å². The van der Waals surface area contributed by atoms with Gasteiger partial charge in [-0.3, -0.25) is 24.0 Å². The highest BCUT2D eigenvalue weighted by molar-refractivity contribution is 5.96. The van der Waals surface area contributed by atoms with Gasteiger partial charge in [0.1, 0.15) is 24.2 Å². The van der Waals surface area contributed by atoms with E-state index in [1.807, 2.05) is 20.8 Å². The number of carbonyl (C=O) groups excluding carboxylic acids is 5. The minimum absolute atomic E-state index is 0.00479. The topological polar surface area (TPSA) is 181 Å². The number of ether oxygens (including phenoxy) is 2. The molecular formula is C42H72N6O7. The van der Waals surface area contributed by atoms with Crippen LogP contribution in [0.3, 0.4) is 0 Å². The van der Waals surface area contributed by atoms with Crippen molar-refractivity contribution in [2.24, 2.45) is 28.9 Å².